The fraction of sp³-hybridized carbons (Fsp3) is 0.692. The number of piperazine rings is 1. The first-order valence-corrected chi connectivity index (χ1v) is 6.55. The summed E-state index contributed by atoms with van der Waals surface area (Å²) in [5, 5.41) is 3.24. The molecule has 1 saturated heterocycles. The van der Waals surface area contributed by atoms with Crippen LogP contribution in [0.3, 0.4) is 0 Å². The molecule has 5 heteroatoms. The summed E-state index contributed by atoms with van der Waals surface area (Å²) < 4.78 is 0. The first-order chi connectivity index (χ1) is 8.60. The van der Waals surface area contributed by atoms with Crippen molar-refractivity contribution in [2.45, 2.75) is 20.3 Å². The van der Waals surface area contributed by atoms with Crippen LogP contribution in [0.25, 0.3) is 0 Å². The van der Waals surface area contributed by atoms with Crippen LogP contribution in [0.2, 0.25) is 0 Å². The lowest BCUT2D eigenvalue weighted by atomic mass is 10.2. The Kier molecular flexibility index (Phi) is 5.85. The maximum Gasteiger partial charge on any atom is 0.312 e. The van der Waals surface area contributed by atoms with Crippen LogP contribution in [0, 0.1) is 0 Å². The molecule has 18 heavy (non-hydrogen) atoms. The third-order valence-corrected chi connectivity index (χ3v) is 3.00. The molecule has 0 unspecified atom stereocenters. The predicted octanol–water partition coefficient (Wildman–Crippen LogP) is 0.233. The van der Waals surface area contributed by atoms with Gasteiger partial charge in [-0.3, -0.25) is 9.59 Å². The fourth-order valence-corrected chi connectivity index (χ4v) is 1.94. The van der Waals surface area contributed by atoms with Gasteiger partial charge in [0, 0.05) is 32.7 Å². The third-order valence-electron chi connectivity index (χ3n) is 3.00. The van der Waals surface area contributed by atoms with Crippen LogP contribution in [-0.2, 0) is 9.59 Å². The van der Waals surface area contributed by atoms with Gasteiger partial charge in [0.2, 0.25) is 0 Å². The Morgan fingerprint density at radius 2 is 1.83 bits per heavy atom. The number of carbonyl (C=O) groups excluding carboxylic acids is 2. The van der Waals surface area contributed by atoms with Gasteiger partial charge in [0.15, 0.2) is 0 Å². The van der Waals surface area contributed by atoms with E-state index in [0.29, 0.717) is 32.7 Å². The average Bonchev–Trinajstić information content (AvgIpc) is 2.36. The van der Waals surface area contributed by atoms with Crippen molar-refractivity contribution in [2.75, 3.05) is 39.3 Å². The summed E-state index contributed by atoms with van der Waals surface area (Å²) in [6, 6.07) is 0. The second kappa shape index (κ2) is 7.16. The molecule has 1 aliphatic rings. The van der Waals surface area contributed by atoms with Gasteiger partial charge in [-0.25, -0.2) is 0 Å². The maximum absolute atomic E-state index is 11.8. The normalized spacial score (nSPS) is 16.3. The van der Waals surface area contributed by atoms with Crippen LogP contribution in [0.4, 0.5) is 0 Å². The topological polar surface area (TPSA) is 52.6 Å². The van der Waals surface area contributed by atoms with Gasteiger partial charge in [0.25, 0.3) is 0 Å². The highest BCUT2D eigenvalue weighted by molar-refractivity contribution is 6.35. The summed E-state index contributed by atoms with van der Waals surface area (Å²) in [4.78, 5) is 26.7. The molecule has 1 heterocycles. The molecule has 1 N–H and O–H groups in total. The molecular weight excluding hydrogens is 230 g/mol. The van der Waals surface area contributed by atoms with E-state index in [-0.39, 0.29) is 0 Å². The highest BCUT2D eigenvalue weighted by Gasteiger charge is 2.31. The van der Waals surface area contributed by atoms with Gasteiger partial charge in [-0.2, -0.15) is 0 Å². The Morgan fingerprint density at radius 1 is 1.22 bits per heavy atom. The van der Waals surface area contributed by atoms with Crippen molar-refractivity contribution in [2.24, 2.45) is 0 Å². The molecule has 1 aliphatic heterocycles. The molecule has 0 aromatic carbocycles. The summed E-state index contributed by atoms with van der Waals surface area (Å²) >= 11 is 0. The van der Waals surface area contributed by atoms with Crippen LogP contribution < -0.4 is 5.32 Å². The second-order valence-electron chi connectivity index (χ2n) is 4.54. The zero-order chi connectivity index (χ0) is 13.5. The predicted molar refractivity (Wildman–Crippen MR) is 71.1 cm³/mol. The van der Waals surface area contributed by atoms with Gasteiger partial charge < -0.3 is 15.1 Å². The fourth-order valence-electron chi connectivity index (χ4n) is 1.94. The summed E-state index contributed by atoms with van der Waals surface area (Å²) in [7, 11) is 0. The van der Waals surface area contributed by atoms with Gasteiger partial charge in [-0.05, 0) is 25.5 Å². The first-order valence-electron chi connectivity index (χ1n) is 6.55. The van der Waals surface area contributed by atoms with Crippen molar-refractivity contribution >= 4 is 11.8 Å². The zero-order valence-electron chi connectivity index (χ0n) is 11.4. The van der Waals surface area contributed by atoms with E-state index in [2.05, 4.69) is 18.8 Å². The molecule has 0 aromatic rings. The average molecular weight is 253 g/mol. The molecule has 0 spiro atoms. The van der Waals surface area contributed by atoms with E-state index in [0.717, 1.165) is 18.5 Å². The highest BCUT2D eigenvalue weighted by Crippen LogP contribution is 2.06. The molecule has 2 amide bonds. The molecule has 0 atom stereocenters. The lowest BCUT2D eigenvalue weighted by molar-refractivity contribution is -0.155. The molecular formula is C13H23N3O2. The number of rotatable bonds is 7. The van der Waals surface area contributed by atoms with Crippen molar-refractivity contribution in [3.8, 4) is 0 Å². The minimum absolute atomic E-state index is 0.391. The standard InChI is InChI=1S/C13H23N3O2/c1-4-6-14-9-11(3)10-16-8-7-15(5-2)12(17)13(16)18/h14H,3-10H2,1-2H3. The minimum Gasteiger partial charge on any atom is -0.333 e. The number of nitrogens with one attached hydrogen (secondary N) is 1. The van der Waals surface area contributed by atoms with E-state index in [9.17, 15) is 9.59 Å². The van der Waals surface area contributed by atoms with Crippen molar-refractivity contribution < 1.29 is 9.59 Å². The van der Waals surface area contributed by atoms with Crippen molar-refractivity contribution in [1.29, 1.82) is 0 Å². The van der Waals surface area contributed by atoms with Crippen molar-refractivity contribution in [1.82, 2.24) is 15.1 Å². The Bertz CT molecular complexity index is 328. The van der Waals surface area contributed by atoms with Crippen LogP contribution in [0.15, 0.2) is 12.2 Å². The van der Waals surface area contributed by atoms with Gasteiger partial charge >= 0.3 is 11.8 Å². The van der Waals surface area contributed by atoms with E-state index >= 15 is 0 Å². The Hall–Kier alpha value is -1.36. The molecule has 5 nitrogen and oxygen atoms in total. The first kappa shape index (κ1) is 14.7. The van der Waals surface area contributed by atoms with Gasteiger partial charge in [-0.15, -0.1) is 0 Å². The second-order valence-corrected chi connectivity index (χ2v) is 4.54. The van der Waals surface area contributed by atoms with E-state index in [1.54, 1.807) is 9.80 Å². The number of hydrogen-bond acceptors (Lipinski definition) is 3. The van der Waals surface area contributed by atoms with E-state index in [1.807, 2.05) is 6.92 Å². The Labute approximate surface area is 109 Å². The summed E-state index contributed by atoms with van der Waals surface area (Å²) in [5.74, 6) is -0.794. The van der Waals surface area contributed by atoms with Crippen LogP contribution in [-0.4, -0.2) is 60.9 Å². The maximum atomic E-state index is 11.8. The quantitative estimate of drug-likeness (QED) is 0.401. The molecule has 1 rings (SSSR count). The molecule has 0 aliphatic carbocycles. The molecule has 0 aromatic heterocycles. The number of nitrogens with zero attached hydrogens (tertiary/aromatic N) is 2. The molecule has 0 radical (unpaired) electrons. The largest absolute Gasteiger partial charge is 0.333 e. The monoisotopic (exact) mass is 253 g/mol. The minimum atomic E-state index is -0.403. The summed E-state index contributed by atoms with van der Waals surface area (Å²) in [6.07, 6.45) is 1.07. The van der Waals surface area contributed by atoms with E-state index in [1.165, 1.54) is 0 Å². The van der Waals surface area contributed by atoms with Gasteiger partial charge in [0.05, 0.1) is 0 Å². The molecule has 0 saturated carbocycles. The van der Waals surface area contributed by atoms with Crippen molar-refractivity contribution in [3.63, 3.8) is 0 Å². The lowest BCUT2D eigenvalue weighted by Crippen LogP contribution is -2.54. The number of hydrogen-bond donors (Lipinski definition) is 1. The Morgan fingerprint density at radius 3 is 2.44 bits per heavy atom. The molecule has 1 fully saturated rings. The number of amides is 2. The Balaban J connectivity index is 2.41. The lowest BCUT2D eigenvalue weighted by Gasteiger charge is -2.33. The van der Waals surface area contributed by atoms with E-state index in [4.69, 9.17) is 0 Å². The van der Waals surface area contributed by atoms with Crippen LogP contribution >= 0.6 is 0 Å². The molecule has 102 valence electrons. The van der Waals surface area contributed by atoms with Gasteiger partial charge in [-0.1, -0.05) is 13.5 Å². The van der Waals surface area contributed by atoms with E-state index < -0.39 is 11.8 Å². The summed E-state index contributed by atoms with van der Waals surface area (Å²) in [6.45, 7) is 11.8. The number of likely N-dealkylation sites (N-methyl/N-ethyl adjacent to an activating group) is 1. The highest BCUT2D eigenvalue weighted by atomic mass is 16.2. The van der Waals surface area contributed by atoms with Crippen LogP contribution in [0.1, 0.15) is 20.3 Å². The van der Waals surface area contributed by atoms with Crippen LogP contribution in [0.5, 0.6) is 0 Å². The summed E-state index contributed by atoms with van der Waals surface area (Å²) in [5.41, 5.74) is 0.939. The number of carbonyl (C=O) groups is 2. The smallest absolute Gasteiger partial charge is 0.312 e. The zero-order valence-corrected chi connectivity index (χ0v) is 11.4. The van der Waals surface area contributed by atoms with Crippen molar-refractivity contribution in [3.05, 3.63) is 12.2 Å². The SMILES string of the molecule is C=C(CNCCC)CN1CCN(CC)C(=O)C1=O. The van der Waals surface area contributed by atoms with Gasteiger partial charge in [0.1, 0.15) is 0 Å². The molecule has 0 bridgehead atoms. The third kappa shape index (κ3) is 3.84.